The standard InChI is InChI=1S/C13H15Br2NO3/c1-8(2)6-16(7-12(17)18)13(19)10-4-3-9(14)5-11(10)15/h3-5,8H,6-7H2,1-2H3,(H,17,18). The van der Waals surface area contributed by atoms with Gasteiger partial charge in [0, 0.05) is 15.5 Å². The fraction of sp³-hybridized carbons (Fsp3) is 0.385. The molecule has 1 amide bonds. The van der Waals surface area contributed by atoms with Crippen LogP contribution in [0.3, 0.4) is 0 Å². The Morgan fingerprint density at radius 1 is 1.32 bits per heavy atom. The highest BCUT2D eigenvalue weighted by atomic mass is 79.9. The number of carbonyl (C=O) groups is 2. The molecular formula is C13H15Br2NO3. The number of carboxylic acid groups (broad SMARTS) is 1. The molecule has 0 saturated carbocycles. The summed E-state index contributed by atoms with van der Waals surface area (Å²) in [6, 6.07) is 5.19. The molecule has 0 bridgehead atoms. The molecule has 1 aromatic rings. The molecule has 104 valence electrons. The van der Waals surface area contributed by atoms with Gasteiger partial charge in [-0.15, -0.1) is 0 Å². The normalized spacial score (nSPS) is 10.6. The number of nitrogens with zero attached hydrogens (tertiary/aromatic N) is 1. The van der Waals surface area contributed by atoms with E-state index in [9.17, 15) is 9.59 Å². The number of aliphatic carboxylic acids is 1. The maximum Gasteiger partial charge on any atom is 0.323 e. The lowest BCUT2D eigenvalue weighted by molar-refractivity contribution is -0.137. The lowest BCUT2D eigenvalue weighted by Crippen LogP contribution is -2.38. The van der Waals surface area contributed by atoms with E-state index in [1.165, 1.54) is 4.90 Å². The topological polar surface area (TPSA) is 57.6 Å². The van der Waals surface area contributed by atoms with Gasteiger partial charge in [-0.3, -0.25) is 9.59 Å². The molecule has 0 unspecified atom stereocenters. The average Bonchev–Trinajstić information content (AvgIpc) is 2.26. The van der Waals surface area contributed by atoms with Crippen molar-refractivity contribution in [2.75, 3.05) is 13.1 Å². The SMILES string of the molecule is CC(C)CN(CC(=O)O)C(=O)c1ccc(Br)cc1Br. The van der Waals surface area contributed by atoms with E-state index in [-0.39, 0.29) is 18.4 Å². The molecule has 1 N–H and O–H groups in total. The van der Waals surface area contributed by atoms with Gasteiger partial charge in [0.15, 0.2) is 0 Å². The Morgan fingerprint density at radius 2 is 1.95 bits per heavy atom. The third kappa shape index (κ3) is 4.95. The highest BCUT2D eigenvalue weighted by molar-refractivity contribution is 9.11. The van der Waals surface area contributed by atoms with Gasteiger partial charge in [-0.1, -0.05) is 29.8 Å². The minimum absolute atomic E-state index is 0.206. The molecule has 0 aliphatic carbocycles. The number of hydrogen-bond acceptors (Lipinski definition) is 2. The summed E-state index contributed by atoms with van der Waals surface area (Å²) in [6.45, 7) is 4.00. The first-order valence-electron chi connectivity index (χ1n) is 5.77. The molecule has 0 fully saturated rings. The van der Waals surface area contributed by atoms with Crippen molar-refractivity contribution in [1.82, 2.24) is 4.90 Å². The number of carboxylic acids is 1. The van der Waals surface area contributed by atoms with E-state index in [2.05, 4.69) is 31.9 Å². The van der Waals surface area contributed by atoms with Crippen molar-refractivity contribution < 1.29 is 14.7 Å². The molecule has 0 radical (unpaired) electrons. The van der Waals surface area contributed by atoms with E-state index in [4.69, 9.17) is 5.11 Å². The first-order chi connectivity index (χ1) is 8.81. The summed E-state index contributed by atoms with van der Waals surface area (Å²) in [7, 11) is 0. The number of hydrogen-bond donors (Lipinski definition) is 1. The van der Waals surface area contributed by atoms with Gasteiger partial charge in [-0.05, 0) is 40.0 Å². The third-order valence-corrected chi connectivity index (χ3v) is 3.51. The van der Waals surface area contributed by atoms with E-state index in [1.54, 1.807) is 18.2 Å². The quantitative estimate of drug-likeness (QED) is 0.835. The van der Waals surface area contributed by atoms with Crippen LogP contribution in [0.15, 0.2) is 27.1 Å². The molecular weight excluding hydrogens is 378 g/mol. The molecule has 0 spiro atoms. The molecule has 0 atom stereocenters. The van der Waals surface area contributed by atoms with Gasteiger partial charge in [-0.25, -0.2) is 0 Å². The van der Waals surface area contributed by atoms with E-state index in [0.29, 0.717) is 16.6 Å². The van der Waals surface area contributed by atoms with Crippen molar-refractivity contribution >= 4 is 43.7 Å². The Morgan fingerprint density at radius 3 is 2.42 bits per heavy atom. The Balaban J connectivity index is 3.00. The van der Waals surface area contributed by atoms with Crippen LogP contribution in [0.1, 0.15) is 24.2 Å². The molecule has 0 saturated heterocycles. The number of carbonyl (C=O) groups excluding carboxylic acids is 1. The second-order valence-corrected chi connectivity index (χ2v) is 6.37. The smallest absolute Gasteiger partial charge is 0.323 e. The number of amides is 1. The summed E-state index contributed by atoms with van der Waals surface area (Å²) < 4.78 is 1.50. The van der Waals surface area contributed by atoms with E-state index >= 15 is 0 Å². The minimum atomic E-state index is -1.01. The zero-order valence-electron chi connectivity index (χ0n) is 10.7. The fourth-order valence-electron chi connectivity index (χ4n) is 1.66. The first kappa shape index (κ1) is 16.2. The van der Waals surface area contributed by atoms with Gasteiger partial charge in [0.1, 0.15) is 6.54 Å². The Labute approximate surface area is 129 Å². The monoisotopic (exact) mass is 391 g/mol. The van der Waals surface area contributed by atoms with Gasteiger partial charge >= 0.3 is 5.97 Å². The van der Waals surface area contributed by atoms with Crippen molar-refractivity contribution in [3.05, 3.63) is 32.7 Å². The Bertz CT molecular complexity index is 489. The van der Waals surface area contributed by atoms with Crippen molar-refractivity contribution in [1.29, 1.82) is 0 Å². The van der Waals surface area contributed by atoms with Gasteiger partial charge in [0.05, 0.1) is 5.56 Å². The first-order valence-corrected chi connectivity index (χ1v) is 7.36. The molecule has 0 aromatic heterocycles. The van der Waals surface area contributed by atoms with E-state index < -0.39 is 5.97 Å². The van der Waals surface area contributed by atoms with Crippen LogP contribution in [-0.2, 0) is 4.79 Å². The van der Waals surface area contributed by atoms with Crippen LogP contribution in [0.2, 0.25) is 0 Å². The summed E-state index contributed by atoms with van der Waals surface area (Å²) in [5.74, 6) is -1.09. The van der Waals surface area contributed by atoms with Crippen LogP contribution in [0.25, 0.3) is 0 Å². The Kier molecular flexibility index (Phi) is 6.00. The van der Waals surface area contributed by atoms with Gasteiger partial charge in [0.2, 0.25) is 0 Å². The van der Waals surface area contributed by atoms with Crippen molar-refractivity contribution in [2.45, 2.75) is 13.8 Å². The molecule has 4 nitrogen and oxygen atoms in total. The maximum absolute atomic E-state index is 12.4. The fourth-order valence-corrected chi connectivity index (χ4v) is 2.87. The predicted octanol–water partition coefficient (Wildman–Crippen LogP) is 3.39. The highest BCUT2D eigenvalue weighted by Crippen LogP contribution is 2.23. The molecule has 0 aliphatic rings. The maximum atomic E-state index is 12.4. The third-order valence-electron chi connectivity index (χ3n) is 2.36. The zero-order chi connectivity index (χ0) is 14.6. The zero-order valence-corrected chi connectivity index (χ0v) is 13.9. The molecule has 6 heteroatoms. The van der Waals surface area contributed by atoms with E-state index in [0.717, 1.165) is 4.47 Å². The van der Waals surface area contributed by atoms with Gasteiger partial charge in [0.25, 0.3) is 5.91 Å². The number of benzene rings is 1. The van der Waals surface area contributed by atoms with Crippen LogP contribution in [0.4, 0.5) is 0 Å². The van der Waals surface area contributed by atoms with Gasteiger partial charge in [-0.2, -0.15) is 0 Å². The molecule has 0 aliphatic heterocycles. The Hall–Kier alpha value is -0.880. The number of rotatable bonds is 5. The average molecular weight is 393 g/mol. The molecule has 1 rings (SSSR count). The summed E-state index contributed by atoms with van der Waals surface area (Å²) in [6.07, 6.45) is 0. The predicted molar refractivity (Wildman–Crippen MR) is 80.2 cm³/mol. The minimum Gasteiger partial charge on any atom is -0.480 e. The second kappa shape index (κ2) is 7.05. The van der Waals surface area contributed by atoms with E-state index in [1.807, 2.05) is 13.8 Å². The van der Waals surface area contributed by atoms with Crippen LogP contribution < -0.4 is 0 Å². The van der Waals surface area contributed by atoms with Crippen LogP contribution >= 0.6 is 31.9 Å². The highest BCUT2D eigenvalue weighted by Gasteiger charge is 2.21. The second-order valence-electron chi connectivity index (χ2n) is 4.60. The molecule has 19 heavy (non-hydrogen) atoms. The van der Waals surface area contributed by atoms with Crippen LogP contribution in [0.5, 0.6) is 0 Å². The molecule has 0 heterocycles. The molecule has 1 aromatic carbocycles. The van der Waals surface area contributed by atoms with Crippen molar-refractivity contribution in [3.63, 3.8) is 0 Å². The summed E-state index contributed by atoms with van der Waals surface area (Å²) >= 11 is 6.64. The lowest BCUT2D eigenvalue weighted by atomic mass is 10.1. The summed E-state index contributed by atoms with van der Waals surface area (Å²) in [5, 5.41) is 8.89. The van der Waals surface area contributed by atoms with Crippen LogP contribution in [-0.4, -0.2) is 35.0 Å². The summed E-state index contributed by atoms with van der Waals surface area (Å²) in [5.41, 5.74) is 0.463. The van der Waals surface area contributed by atoms with Crippen molar-refractivity contribution in [2.24, 2.45) is 5.92 Å². The summed E-state index contributed by atoms with van der Waals surface area (Å²) in [4.78, 5) is 24.6. The number of halogens is 2. The van der Waals surface area contributed by atoms with Crippen LogP contribution in [0, 0.1) is 5.92 Å². The largest absolute Gasteiger partial charge is 0.480 e. The van der Waals surface area contributed by atoms with Crippen molar-refractivity contribution in [3.8, 4) is 0 Å². The lowest BCUT2D eigenvalue weighted by Gasteiger charge is -2.23. The van der Waals surface area contributed by atoms with Gasteiger partial charge < -0.3 is 10.0 Å².